The van der Waals surface area contributed by atoms with E-state index in [1.165, 1.54) is 12.4 Å². The highest BCUT2D eigenvalue weighted by Gasteiger charge is 2.18. The van der Waals surface area contributed by atoms with Crippen LogP contribution in [0.2, 0.25) is 0 Å². The van der Waals surface area contributed by atoms with Gasteiger partial charge in [0.05, 0.1) is 41.5 Å². The van der Waals surface area contributed by atoms with Crippen molar-refractivity contribution in [2.24, 2.45) is 4.99 Å². The Balaban J connectivity index is 1.71. The van der Waals surface area contributed by atoms with Crippen molar-refractivity contribution in [3.63, 3.8) is 0 Å². The van der Waals surface area contributed by atoms with Gasteiger partial charge in [-0.25, -0.2) is 14.4 Å². The lowest BCUT2D eigenvalue weighted by molar-refractivity contribution is 0.0595. The zero-order valence-electron chi connectivity index (χ0n) is 16.7. The van der Waals surface area contributed by atoms with Crippen LogP contribution in [-0.4, -0.2) is 49.1 Å². The molecule has 9 heteroatoms. The third kappa shape index (κ3) is 4.58. The van der Waals surface area contributed by atoms with E-state index in [-0.39, 0.29) is 17.3 Å². The quantitative estimate of drug-likeness (QED) is 0.475. The van der Waals surface area contributed by atoms with E-state index in [1.807, 2.05) is 12.1 Å². The monoisotopic (exact) mass is 485 g/mol. The molecule has 1 unspecified atom stereocenters. The maximum Gasteiger partial charge on any atom is 0.156 e. The third-order valence-corrected chi connectivity index (χ3v) is 5.35. The van der Waals surface area contributed by atoms with Crippen LogP contribution in [-0.2, 0) is 4.74 Å². The molecule has 1 aliphatic rings. The minimum atomic E-state index is -0.491. The standard InChI is InChI=1S/C22H21BrFN5O2/c1-3-15-16(25-2)4-5-17(21(15)24)29-22-20-18(27-12-28-22)8-13(23)9-19(20)31-11-14-10-30-7-6-26-14/h3-5,8-9,12,14,26H,1-2,6-7,10-11H2,(H,27,28,29). The van der Waals surface area contributed by atoms with Crippen molar-refractivity contribution in [2.45, 2.75) is 6.04 Å². The first-order chi connectivity index (χ1) is 15.1. The van der Waals surface area contributed by atoms with E-state index in [0.29, 0.717) is 48.0 Å². The number of hydrogen-bond donors (Lipinski definition) is 2. The van der Waals surface area contributed by atoms with Gasteiger partial charge in [-0.1, -0.05) is 28.6 Å². The molecule has 2 N–H and O–H groups in total. The number of benzene rings is 2. The lowest BCUT2D eigenvalue weighted by Crippen LogP contribution is -2.44. The van der Waals surface area contributed by atoms with E-state index in [4.69, 9.17) is 9.47 Å². The molecule has 4 rings (SSSR count). The number of morpholine rings is 1. The van der Waals surface area contributed by atoms with Gasteiger partial charge in [-0.3, -0.25) is 4.99 Å². The van der Waals surface area contributed by atoms with Crippen LogP contribution in [0.1, 0.15) is 5.56 Å². The van der Waals surface area contributed by atoms with E-state index in [9.17, 15) is 0 Å². The molecule has 0 saturated carbocycles. The Kier molecular flexibility index (Phi) is 6.55. The number of rotatable bonds is 7. The minimum Gasteiger partial charge on any atom is -0.491 e. The van der Waals surface area contributed by atoms with Crippen molar-refractivity contribution < 1.29 is 13.9 Å². The average molecular weight is 486 g/mol. The summed E-state index contributed by atoms with van der Waals surface area (Å²) in [6.45, 7) is 9.60. The highest BCUT2D eigenvalue weighted by molar-refractivity contribution is 9.10. The maximum atomic E-state index is 15.0. The number of anilines is 2. The molecular weight excluding hydrogens is 465 g/mol. The second-order valence-electron chi connectivity index (χ2n) is 6.90. The summed E-state index contributed by atoms with van der Waals surface area (Å²) in [7, 11) is 0. The Labute approximate surface area is 187 Å². The summed E-state index contributed by atoms with van der Waals surface area (Å²) in [5, 5.41) is 7.07. The number of aliphatic imine (C=N–C) groups is 1. The Morgan fingerprint density at radius 3 is 3.00 bits per heavy atom. The summed E-state index contributed by atoms with van der Waals surface area (Å²) < 4.78 is 27.4. The second kappa shape index (κ2) is 9.51. The molecule has 31 heavy (non-hydrogen) atoms. The highest BCUT2D eigenvalue weighted by Crippen LogP contribution is 2.36. The van der Waals surface area contributed by atoms with Crippen molar-refractivity contribution in [2.75, 3.05) is 31.7 Å². The van der Waals surface area contributed by atoms with Gasteiger partial charge >= 0.3 is 0 Å². The first-order valence-electron chi connectivity index (χ1n) is 9.67. The predicted octanol–water partition coefficient (Wildman–Crippen LogP) is 4.62. The van der Waals surface area contributed by atoms with Gasteiger partial charge in [0.25, 0.3) is 0 Å². The fourth-order valence-electron chi connectivity index (χ4n) is 3.39. The molecule has 0 radical (unpaired) electrons. The summed E-state index contributed by atoms with van der Waals surface area (Å²) in [4.78, 5) is 12.5. The minimum absolute atomic E-state index is 0.0790. The van der Waals surface area contributed by atoms with Crippen molar-refractivity contribution in [1.29, 1.82) is 0 Å². The van der Waals surface area contributed by atoms with E-state index < -0.39 is 5.82 Å². The Morgan fingerprint density at radius 2 is 2.26 bits per heavy atom. The number of fused-ring (bicyclic) bond motifs is 1. The van der Waals surface area contributed by atoms with Crippen LogP contribution >= 0.6 is 15.9 Å². The van der Waals surface area contributed by atoms with Gasteiger partial charge < -0.3 is 20.1 Å². The second-order valence-corrected chi connectivity index (χ2v) is 7.82. The van der Waals surface area contributed by atoms with E-state index in [2.05, 4.69) is 54.8 Å². The number of hydrogen-bond acceptors (Lipinski definition) is 7. The van der Waals surface area contributed by atoms with Crippen LogP contribution in [0.3, 0.4) is 0 Å². The molecule has 160 valence electrons. The molecule has 1 aliphatic heterocycles. The predicted molar refractivity (Wildman–Crippen MR) is 124 cm³/mol. The molecule has 7 nitrogen and oxygen atoms in total. The Bertz CT molecular complexity index is 1130. The Morgan fingerprint density at radius 1 is 1.39 bits per heavy atom. The van der Waals surface area contributed by atoms with Crippen LogP contribution in [0.25, 0.3) is 17.0 Å². The highest BCUT2D eigenvalue weighted by atomic mass is 79.9. The first-order valence-corrected chi connectivity index (χ1v) is 10.5. The maximum absolute atomic E-state index is 15.0. The van der Waals surface area contributed by atoms with E-state index in [1.54, 1.807) is 12.1 Å². The molecule has 1 fully saturated rings. The number of aromatic nitrogens is 2. The fourth-order valence-corrected chi connectivity index (χ4v) is 3.81. The van der Waals surface area contributed by atoms with Gasteiger partial charge in [-0.15, -0.1) is 0 Å². The molecule has 1 saturated heterocycles. The van der Waals surface area contributed by atoms with Crippen molar-refractivity contribution >= 4 is 56.8 Å². The molecule has 0 aliphatic carbocycles. The number of halogens is 2. The molecule has 0 bridgehead atoms. The van der Waals surface area contributed by atoms with Crippen LogP contribution in [0.15, 0.2) is 46.6 Å². The Hall–Kier alpha value is -2.88. The molecule has 2 aromatic carbocycles. The van der Waals surface area contributed by atoms with E-state index >= 15 is 4.39 Å². The molecular formula is C22H21BrFN5O2. The van der Waals surface area contributed by atoms with Gasteiger partial charge in [-0.2, -0.15) is 0 Å². The van der Waals surface area contributed by atoms with Gasteiger partial charge in [0.15, 0.2) is 5.82 Å². The van der Waals surface area contributed by atoms with Gasteiger partial charge in [0.2, 0.25) is 0 Å². The zero-order valence-corrected chi connectivity index (χ0v) is 18.3. The van der Waals surface area contributed by atoms with Crippen molar-refractivity contribution in [1.82, 2.24) is 15.3 Å². The smallest absolute Gasteiger partial charge is 0.156 e. The van der Waals surface area contributed by atoms with Crippen LogP contribution < -0.4 is 15.4 Å². The lowest BCUT2D eigenvalue weighted by atomic mass is 10.1. The van der Waals surface area contributed by atoms with Gasteiger partial charge in [-0.05, 0) is 31.0 Å². The summed E-state index contributed by atoms with van der Waals surface area (Å²) >= 11 is 3.50. The van der Waals surface area contributed by atoms with Crippen molar-refractivity contribution in [3.8, 4) is 5.75 Å². The lowest BCUT2D eigenvalue weighted by Gasteiger charge is -2.24. The van der Waals surface area contributed by atoms with Gasteiger partial charge in [0, 0.05) is 16.6 Å². The van der Waals surface area contributed by atoms with Gasteiger partial charge in [0.1, 0.15) is 24.5 Å². The largest absolute Gasteiger partial charge is 0.491 e. The number of nitrogens with zero attached hydrogens (tertiary/aromatic N) is 3. The average Bonchev–Trinajstić information content (AvgIpc) is 2.79. The third-order valence-electron chi connectivity index (χ3n) is 4.89. The normalized spacial score (nSPS) is 16.1. The number of ether oxygens (including phenoxy) is 2. The molecule has 0 amide bonds. The fraction of sp³-hybridized carbons (Fsp3) is 0.227. The zero-order chi connectivity index (χ0) is 21.8. The summed E-state index contributed by atoms with van der Waals surface area (Å²) in [6, 6.07) is 7.03. The topological polar surface area (TPSA) is 80.7 Å². The summed E-state index contributed by atoms with van der Waals surface area (Å²) in [5.41, 5.74) is 1.57. The van der Waals surface area contributed by atoms with E-state index in [0.717, 1.165) is 11.0 Å². The van der Waals surface area contributed by atoms with Crippen LogP contribution in [0.4, 0.5) is 21.6 Å². The first kappa shape index (κ1) is 21.4. The number of nitrogens with one attached hydrogen (secondary N) is 2. The molecule has 1 atom stereocenters. The summed E-state index contributed by atoms with van der Waals surface area (Å²) in [6.07, 6.45) is 2.83. The van der Waals surface area contributed by atoms with Crippen LogP contribution in [0, 0.1) is 5.82 Å². The molecule has 0 spiro atoms. The summed E-state index contributed by atoms with van der Waals surface area (Å²) in [5.74, 6) is 0.511. The molecule has 3 aromatic rings. The molecule has 2 heterocycles. The van der Waals surface area contributed by atoms with Crippen LogP contribution in [0.5, 0.6) is 5.75 Å². The van der Waals surface area contributed by atoms with Crippen molar-refractivity contribution in [3.05, 3.63) is 53.0 Å². The molecule has 1 aromatic heterocycles. The SMILES string of the molecule is C=Cc1c(N=C)ccc(Nc2ncnc3cc(Br)cc(OCC4COCCN4)c23)c1F.